The molecule has 1 aliphatic heterocycles. The van der Waals surface area contributed by atoms with Gasteiger partial charge < -0.3 is 10.6 Å². The lowest BCUT2D eigenvalue weighted by molar-refractivity contribution is 0.0931. The van der Waals surface area contributed by atoms with Crippen LogP contribution in [-0.4, -0.2) is 25.0 Å². The minimum atomic E-state index is -0.293. The number of amides is 1. The van der Waals surface area contributed by atoms with Gasteiger partial charge in [-0.1, -0.05) is 24.3 Å². The number of hydrogen-bond donors (Lipinski definition) is 2. The summed E-state index contributed by atoms with van der Waals surface area (Å²) in [6.07, 6.45) is 1.87. The third-order valence-corrected chi connectivity index (χ3v) is 3.79. The van der Waals surface area contributed by atoms with Crippen molar-refractivity contribution in [2.24, 2.45) is 0 Å². The van der Waals surface area contributed by atoms with E-state index in [9.17, 15) is 9.18 Å². The predicted molar refractivity (Wildman–Crippen MR) is 77.3 cm³/mol. The molecule has 0 spiro atoms. The second-order valence-electron chi connectivity index (χ2n) is 5.14. The van der Waals surface area contributed by atoms with Gasteiger partial charge in [-0.15, -0.1) is 0 Å². The van der Waals surface area contributed by atoms with Crippen LogP contribution >= 0.6 is 0 Å². The summed E-state index contributed by atoms with van der Waals surface area (Å²) < 4.78 is 13.7. The highest BCUT2D eigenvalue weighted by atomic mass is 19.1. The number of piperidine rings is 1. The highest BCUT2D eigenvalue weighted by molar-refractivity contribution is 6.07. The quantitative estimate of drug-likeness (QED) is 0.881. The Bertz CT molecular complexity index is 635. The molecular weight excluding hydrogens is 255 g/mol. The smallest absolute Gasteiger partial charge is 0.252 e. The molecule has 2 aromatic rings. The van der Waals surface area contributed by atoms with Crippen molar-refractivity contribution in [1.29, 1.82) is 0 Å². The molecule has 0 aliphatic carbocycles. The van der Waals surface area contributed by atoms with Crippen LogP contribution < -0.4 is 10.6 Å². The molecule has 0 saturated carbocycles. The molecule has 1 saturated heterocycles. The standard InChI is InChI=1S/C16H17FN2O/c17-15-6-5-14(12-3-1-2-4-13(12)15)16(20)19-11-7-9-18-10-8-11/h1-6,11,18H,7-10H2,(H,19,20). The van der Waals surface area contributed by atoms with Crippen molar-refractivity contribution in [3.05, 3.63) is 47.8 Å². The molecule has 3 nitrogen and oxygen atoms in total. The van der Waals surface area contributed by atoms with E-state index in [0.717, 1.165) is 25.9 Å². The van der Waals surface area contributed by atoms with Crippen LogP contribution in [0.1, 0.15) is 23.2 Å². The van der Waals surface area contributed by atoms with Gasteiger partial charge in [0.25, 0.3) is 5.91 Å². The van der Waals surface area contributed by atoms with Gasteiger partial charge in [0, 0.05) is 17.0 Å². The lowest BCUT2D eigenvalue weighted by Crippen LogP contribution is -2.42. The van der Waals surface area contributed by atoms with Gasteiger partial charge in [0.05, 0.1) is 0 Å². The fourth-order valence-corrected chi connectivity index (χ4v) is 2.69. The first kappa shape index (κ1) is 13.1. The van der Waals surface area contributed by atoms with Crippen LogP contribution in [0.2, 0.25) is 0 Å². The zero-order chi connectivity index (χ0) is 13.9. The monoisotopic (exact) mass is 272 g/mol. The van der Waals surface area contributed by atoms with Crippen molar-refractivity contribution >= 4 is 16.7 Å². The summed E-state index contributed by atoms with van der Waals surface area (Å²) in [5.74, 6) is -0.410. The van der Waals surface area contributed by atoms with E-state index in [2.05, 4.69) is 10.6 Å². The molecule has 3 rings (SSSR count). The van der Waals surface area contributed by atoms with Gasteiger partial charge in [-0.25, -0.2) is 4.39 Å². The van der Waals surface area contributed by atoms with E-state index in [-0.39, 0.29) is 17.8 Å². The maximum atomic E-state index is 13.7. The molecule has 1 amide bonds. The van der Waals surface area contributed by atoms with Crippen molar-refractivity contribution in [3.63, 3.8) is 0 Å². The summed E-state index contributed by atoms with van der Waals surface area (Å²) in [5, 5.41) is 7.47. The number of halogens is 1. The summed E-state index contributed by atoms with van der Waals surface area (Å²) in [7, 11) is 0. The van der Waals surface area contributed by atoms with E-state index in [1.807, 2.05) is 6.07 Å². The molecule has 0 radical (unpaired) electrons. The fourth-order valence-electron chi connectivity index (χ4n) is 2.69. The van der Waals surface area contributed by atoms with Gasteiger partial charge in [0.15, 0.2) is 0 Å². The predicted octanol–water partition coefficient (Wildman–Crippen LogP) is 2.46. The molecule has 0 aromatic heterocycles. The molecule has 4 heteroatoms. The summed E-state index contributed by atoms with van der Waals surface area (Å²) in [6.45, 7) is 1.85. The number of rotatable bonds is 2. The highest BCUT2D eigenvalue weighted by Gasteiger charge is 2.18. The number of carbonyl (C=O) groups is 1. The number of fused-ring (bicyclic) bond motifs is 1. The Kier molecular flexibility index (Phi) is 3.65. The Balaban J connectivity index is 1.89. The minimum Gasteiger partial charge on any atom is -0.349 e. The Hall–Kier alpha value is -1.94. The van der Waals surface area contributed by atoms with Crippen molar-refractivity contribution < 1.29 is 9.18 Å². The van der Waals surface area contributed by atoms with Crippen LogP contribution in [0.5, 0.6) is 0 Å². The van der Waals surface area contributed by atoms with Crippen LogP contribution in [-0.2, 0) is 0 Å². The Labute approximate surface area is 117 Å². The third-order valence-electron chi connectivity index (χ3n) is 3.79. The Morgan fingerprint density at radius 2 is 1.80 bits per heavy atom. The first-order chi connectivity index (χ1) is 9.75. The molecule has 1 heterocycles. The number of nitrogens with one attached hydrogen (secondary N) is 2. The van der Waals surface area contributed by atoms with Crippen LogP contribution in [0.4, 0.5) is 4.39 Å². The average Bonchev–Trinajstić information content (AvgIpc) is 2.49. The number of carbonyl (C=O) groups excluding carboxylic acids is 1. The highest BCUT2D eigenvalue weighted by Crippen LogP contribution is 2.22. The van der Waals surface area contributed by atoms with Crippen molar-refractivity contribution in [3.8, 4) is 0 Å². The summed E-state index contributed by atoms with van der Waals surface area (Å²) >= 11 is 0. The van der Waals surface area contributed by atoms with Gasteiger partial charge in [0.1, 0.15) is 5.82 Å². The molecule has 1 fully saturated rings. The Morgan fingerprint density at radius 1 is 1.10 bits per heavy atom. The molecule has 2 aromatic carbocycles. The van der Waals surface area contributed by atoms with Gasteiger partial charge in [-0.2, -0.15) is 0 Å². The van der Waals surface area contributed by atoms with E-state index >= 15 is 0 Å². The number of benzene rings is 2. The normalized spacial score (nSPS) is 16.2. The molecule has 2 N–H and O–H groups in total. The van der Waals surface area contributed by atoms with Gasteiger partial charge >= 0.3 is 0 Å². The average molecular weight is 272 g/mol. The van der Waals surface area contributed by atoms with Crippen molar-refractivity contribution in [2.75, 3.05) is 13.1 Å². The Morgan fingerprint density at radius 3 is 2.55 bits per heavy atom. The third kappa shape index (κ3) is 2.51. The van der Waals surface area contributed by atoms with Crippen molar-refractivity contribution in [1.82, 2.24) is 10.6 Å². The second kappa shape index (κ2) is 5.59. The zero-order valence-electron chi connectivity index (χ0n) is 11.2. The molecule has 1 aliphatic rings. The SMILES string of the molecule is O=C(NC1CCNCC1)c1ccc(F)c2ccccc12. The number of hydrogen-bond acceptors (Lipinski definition) is 2. The molecular formula is C16H17FN2O. The molecule has 20 heavy (non-hydrogen) atoms. The van der Waals surface area contributed by atoms with Crippen LogP contribution in [0.25, 0.3) is 10.8 Å². The summed E-state index contributed by atoms with van der Waals surface area (Å²) in [4.78, 5) is 12.4. The van der Waals surface area contributed by atoms with E-state index < -0.39 is 0 Å². The molecule has 0 unspecified atom stereocenters. The molecule has 104 valence electrons. The lowest BCUT2D eigenvalue weighted by atomic mass is 10.0. The molecule has 0 bridgehead atoms. The fraction of sp³-hybridized carbons (Fsp3) is 0.312. The van der Waals surface area contributed by atoms with E-state index in [1.165, 1.54) is 6.07 Å². The van der Waals surface area contributed by atoms with Crippen LogP contribution in [0.15, 0.2) is 36.4 Å². The van der Waals surface area contributed by atoms with Gasteiger partial charge in [-0.3, -0.25) is 4.79 Å². The van der Waals surface area contributed by atoms with E-state index in [4.69, 9.17) is 0 Å². The first-order valence-corrected chi connectivity index (χ1v) is 6.94. The van der Waals surface area contributed by atoms with E-state index in [1.54, 1.807) is 24.3 Å². The zero-order valence-corrected chi connectivity index (χ0v) is 11.2. The first-order valence-electron chi connectivity index (χ1n) is 6.94. The topological polar surface area (TPSA) is 41.1 Å². The maximum absolute atomic E-state index is 13.7. The lowest BCUT2D eigenvalue weighted by Gasteiger charge is -2.24. The van der Waals surface area contributed by atoms with Crippen LogP contribution in [0, 0.1) is 5.82 Å². The van der Waals surface area contributed by atoms with Crippen LogP contribution in [0.3, 0.4) is 0 Å². The maximum Gasteiger partial charge on any atom is 0.252 e. The summed E-state index contributed by atoms with van der Waals surface area (Å²) in [5.41, 5.74) is 0.542. The van der Waals surface area contributed by atoms with E-state index in [0.29, 0.717) is 16.3 Å². The molecule has 0 atom stereocenters. The summed E-state index contributed by atoms with van der Waals surface area (Å²) in [6, 6.07) is 10.2. The second-order valence-corrected chi connectivity index (χ2v) is 5.14. The van der Waals surface area contributed by atoms with Gasteiger partial charge in [0.2, 0.25) is 0 Å². The van der Waals surface area contributed by atoms with Gasteiger partial charge in [-0.05, 0) is 43.5 Å². The largest absolute Gasteiger partial charge is 0.349 e. The van der Waals surface area contributed by atoms with Crippen molar-refractivity contribution in [2.45, 2.75) is 18.9 Å². The minimum absolute atomic E-state index is 0.117.